The molecule has 0 unspecified atom stereocenters. The molecule has 1 amide bonds. The maximum absolute atomic E-state index is 13.0. The Morgan fingerprint density at radius 3 is 2.68 bits per heavy atom. The van der Waals surface area contributed by atoms with Crippen LogP contribution in [0.15, 0.2) is 18.2 Å². The molecule has 19 heavy (non-hydrogen) atoms. The van der Waals surface area contributed by atoms with Crippen LogP contribution in [0.3, 0.4) is 0 Å². The summed E-state index contributed by atoms with van der Waals surface area (Å²) in [6.45, 7) is 3.11. The number of benzene rings is 1. The first kappa shape index (κ1) is 14.1. The van der Waals surface area contributed by atoms with Crippen LogP contribution in [0.4, 0.5) is 4.39 Å². The molecule has 1 aliphatic rings. The average molecular weight is 287 g/mol. The number of rotatable bonds is 3. The number of amides is 1. The van der Waals surface area contributed by atoms with Gasteiger partial charge in [0.1, 0.15) is 11.6 Å². The predicted octanol–water partition coefficient (Wildman–Crippen LogP) is 1.63. The summed E-state index contributed by atoms with van der Waals surface area (Å²) in [5.74, 6) is -0.165. The Morgan fingerprint density at radius 1 is 1.37 bits per heavy atom. The molecule has 0 bridgehead atoms. The van der Waals surface area contributed by atoms with E-state index < -0.39 is 5.82 Å². The zero-order valence-corrected chi connectivity index (χ0v) is 11.5. The minimum Gasteiger partial charge on any atom is -0.484 e. The number of piperazine rings is 1. The van der Waals surface area contributed by atoms with Gasteiger partial charge in [0.15, 0.2) is 6.61 Å². The zero-order valence-electron chi connectivity index (χ0n) is 10.7. The molecule has 0 aromatic heterocycles. The Bertz CT molecular complexity index is 462. The molecule has 1 fully saturated rings. The van der Waals surface area contributed by atoms with E-state index in [1.807, 2.05) is 7.05 Å². The number of hydrogen-bond donors (Lipinski definition) is 0. The standard InChI is InChI=1S/C13H16ClFN2O2/c1-16-4-6-17(7-5-16)13(18)9-19-10-2-3-12(15)11(14)8-10/h2-3,8H,4-7,9H2,1H3. The Labute approximate surface area is 116 Å². The van der Waals surface area contributed by atoms with Crippen LogP contribution in [0.5, 0.6) is 5.75 Å². The first-order valence-corrected chi connectivity index (χ1v) is 6.48. The van der Waals surface area contributed by atoms with Gasteiger partial charge in [-0.1, -0.05) is 11.6 Å². The smallest absolute Gasteiger partial charge is 0.260 e. The molecule has 6 heteroatoms. The highest BCUT2D eigenvalue weighted by Crippen LogP contribution is 2.21. The van der Waals surface area contributed by atoms with E-state index in [9.17, 15) is 9.18 Å². The number of nitrogens with zero attached hydrogens (tertiary/aromatic N) is 2. The van der Waals surface area contributed by atoms with Crippen molar-refractivity contribution in [3.05, 3.63) is 29.0 Å². The van der Waals surface area contributed by atoms with Crippen molar-refractivity contribution in [3.63, 3.8) is 0 Å². The fraction of sp³-hybridized carbons (Fsp3) is 0.462. The third-order valence-electron chi connectivity index (χ3n) is 3.11. The fourth-order valence-corrected chi connectivity index (χ4v) is 2.03. The first-order valence-electron chi connectivity index (χ1n) is 6.10. The van der Waals surface area contributed by atoms with Crippen molar-refractivity contribution in [3.8, 4) is 5.75 Å². The molecule has 4 nitrogen and oxygen atoms in total. The Balaban J connectivity index is 1.84. The topological polar surface area (TPSA) is 32.8 Å². The molecular weight excluding hydrogens is 271 g/mol. The first-order chi connectivity index (χ1) is 9.06. The highest BCUT2D eigenvalue weighted by atomic mass is 35.5. The summed E-state index contributed by atoms with van der Waals surface area (Å²) in [5.41, 5.74) is 0. The van der Waals surface area contributed by atoms with Crippen LogP contribution in [-0.2, 0) is 4.79 Å². The normalized spacial score (nSPS) is 16.5. The summed E-state index contributed by atoms with van der Waals surface area (Å²) >= 11 is 5.64. The number of ether oxygens (including phenoxy) is 1. The van der Waals surface area contributed by atoms with Gasteiger partial charge in [-0.2, -0.15) is 0 Å². The second-order valence-corrected chi connectivity index (χ2v) is 4.96. The van der Waals surface area contributed by atoms with Gasteiger partial charge in [-0.15, -0.1) is 0 Å². The Kier molecular flexibility index (Phi) is 4.61. The molecule has 0 atom stereocenters. The lowest BCUT2D eigenvalue weighted by molar-refractivity contribution is -0.134. The van der Waals surface area contributed by atoms with Crippen molar-refractivity contribution < 1.29 is 13.9 Å². The third-order valence-corrected chi connectivity index (χ3v) is 3.40. The van der Waals surface area contributed by atoms with Crippen LogP contribution in [0, 0.1) is 5.82 Å². The monoisotopic (exact) mass is 286 g/mol. The van der Waals surface area contributed by atoms with E-state index in [1.165, 1.54) is 18.2 Å². The van der Waals surface area contributed by atoms with Crippen LogP contribution in [0.25, 0.3) is 0 Å². The summed E-state index contributed by atoms with van der Waals surface area (Å²) in [4.78, 5) is 15.8. The molecule has 0 aliphatic carbocycles. The molecule has 0 radical (unpaired) electrons. The van der Waals surface area contributed by atoms with E-state index in [4.69, 9.17) is 16.3 Å². The van der Waals surface area contributed by atoms with Gasteiger partial charge < -0.3 is 14.5 Å². The molecule has 1 heterocycles. The van der Waals surface area contributed by atoms with Gasteiger partial charge in [0.25, 0.3) is 5.91 Å². The quantitative estimate of drug-likeness (QED) is 0.847. The van der Waals surface area contributed by atoms with E-state index >= 15 is 0 Å². The fourth-order valence-electron chi connectivity index (χ4n) is 1.86. The largest absolute Gasteiger partial charge is 0.484 e. The van der Waals surface area contributed by atoms with E-state index in [0.29, 0.717) is 18.8 Å². The average Bonchev–Trinajstić information content (AvgIpc) is 2.40. The van der Waals surface area contributed by atoms with Crippen molar-refractivity contribution >= 4 is 17.5 Å². The van der Waals surface area contributed by atoms with Gasteiger partial charge in [-0.05, 0) is 19.2 Å². The van der Waals surface area contributed by atoms with Crippen LogP contribution < -0.4 is 4.74 Å². The summed E-state index contributed by atoms with van der Waals surface area (Å²) in [7, 11) is 2.03. The second kappa shape index (κ2) is 6.21. The molecule has 1 aromatic rings. The lowest BCUT2D eigenvalue weighted by Crippen LogP contribution is -2.48. The highest BCUT2D eigenvalue weighted by Gasteiger charge is 2.19. The van der Waals surface area contributed by atoms with Crippen LogP contribution in [0.1, 0.15) is 0 Å². The van der Waals surface area contributed by atoms with Crippen molar-refractivity contribution in [2.24, 2.45) is 0 Å². The van der Waals surface area contributed by atoms with Gasteiger partial charge in [0, 0.05) is 32.2 Å². The number of carbonyl (C=O) groups is 1. The summed E-state index contributed by atoms with van der Waals surface area (Å²) in [5, 5.41) is -0.00968. The lowest BCUT2D eigenvalue weighted by Gasteiger charge is -2.32. The van der Waals surface area contributed by atoms with Crippen LogP contribution >= 0.6 is 11.6 Å². The lowest BCUT2D eigenvalue weighted by atomic mass is 10.3. The minimum absolute atomic E-state index is 0.00968. The predicted molar refractivity (Wildman–Crippen MR) is 71.0 cm³/mol. The Morgan fingerprint density at radius 2 is 2.05 bits per heavy atom. The van der Waals surface area contributed by atoms with Gasteiger partial charge in [0.2, 0.25) is 0 Å². The molecule has 0 N–H and O–H groups in total. The number of carbonyl (C=O) groups excluding carboxylic acids is 1. The van der Waals surface area contributed by atoms with Gasteiger partial charge >= 0.3 is 0 Å². The molecule has 104 valence electrons. The zero-order chi connectivity index (χ0) is 13.8. The van der Waals surface area contributed by atoms with Crippen molar-refractivity contribution in [1.29, 1.82) is 0 Å². The van der Waals surface area contributed by atoms with Crippen LogP contribution in [0.2, 0.25) is 5.02 Å². The Hall–Kier alpha value is -1.33. The summed E-state index contributed by atoms with van der Waals surface area (Å²) in [6.07, 6.45) is 0. The molecule has 0 saturated carbocycles. The van der Waals surface area contributed by atoms with E-state index in [-0.39, 0.29) is 17.5 Å². The number of likely N-dealkylation sites (N-methyl/N-ethyl adjacent to an activating group) is 1. The second-order valence-electron chi connectivity index (χ2n) is 4.55. The van der Waals surface area contributed by atoms with Crippen molar-refractivity contribution in [2.75, 3.05) is 39.8 Å². The number of hydrogen-bond acceptors (Lipinski definition) is 3. The van der Waals surface area contributed by atoms with Gasteiger partial charge in [-0.3, -0.25) is 4.79 Å². The summed E-state index contributed by atoms with van der Waals surface area (Å²) < 4.78 is 18.3. The molecule has 1 aliphatic heterocycles. The minimum atomic E-state index is -0.501. The van der Waals surface area contributed by atoms with Gasteiger partial charge in [0.05, 0.1) is 5.02 Å². The van der Waals surface area contributed by atoms with Gasteiger partial charge in [-0.25, -0.2) is 4.39 Å². The molecule has 0 spiro atoms. The van der Waals surface area contributed by atoms with Crippen LogP contribution in [-0.4, -0.2) is 55.5 Å². The third kappa shape index (κ3) is 3.81. The van der Waals surface area contributed by atoms with E-state index in [1.54, 1.807) is 4.90 Å². The summed E-state index contributed by atoms with van der Waals surface area (Å²) in [6, 6.07) is 4.05. The molecule has 1 aromatic carbocycles. The SMILES string of the molecule is CN1CCN(C(=O)COc2ccc(F)c(Cl)c2)CC1. The number of halogens is 2. The molecule has 1 saturated heterocycles. The molecular formula is C13H16ClFN2O2. The molecule has 2 rings (SSSR count). The maximum Gasteiger partial charge on any atom is 0.260 e. The highest BCUT2D eigenvalue weighted by molar-refractivity contribution is 6.30. The van der Waals surface area contributed by atoms with E-state index in [2.05, 4.69) is 4.90 Å². The van der Waals surface area contributed by atoms with E-state index in [0.717, 1.165) is 13.1 Å². The van der Waals surface area contributed by atoms with Crippen molar-refractivity contribution in [1.82, 2.24) is 9.80 Å². The maximum atomic E-state index is 13.0. The van der Waals surface area contributed by atoms with Crippen molar-refractivity contribution in [2.45, 2.75) is 0 Å².